The monoisotopic (exact) mass is 340 g/mol. The van der Waals surface area contributed by atoms with Crippen LogP contribution in [0.1, 0.15) is 18.4 Å². The van der Waals surface area contributed by atoms with Crippen LogP contribution in [-0.4, -0.2) is 46.3 Å². The predicted octanol–water partition coefficient (Wildman–Crippen LogP) is 0.979. The number of carbonyl (C=O) groups excluding carboxylic acids is 1. The molecule has 8 heteroatoms. The third kappa shape index (κ3) is 5.24. The molecule has 0 radical (unpaired) electrons. The van der Waals surface area contributed by atoms with Crippen molar-refractivity contribution < 1.29 is 22.7 Å². The van der Waals surface area contributed by atoms with Crippen molar-refractivity contribution in [3.8, 4) is 11.5 Å². The summed E-state index contributed by atoms with van der Waals surface area (Å²) in [6.45, 7) is 0. The first kappa shape index (κ1) is 17.3. The normalized spacial score (nSPS) is 19.7. The number of carbonyl (C=O) groups is 1. The smallest absolute Gasteiger partial charge is 0.240 e. The van der Waals surface area contributed by atoms with E-state index in [4.69, 9.17) is 9.47 Å². The highest BCUT2D eigenvalue weighted by Gasteiger charge is 2.29. The van der Waals surface area contributed by atoms with Crippen molar-refractivity contribution in [1.82, 2.24) is 5.43 Å². The summed E-state index contributed by atoms with van der Waals surface area (Å²) in [5.41, 5.74) is 3.13. The van der Waals surface area contributed by atoms with Gasteiger partial charge < -0.3 is 9.47 Å². The van der Waals surface area contributed by atoms with E-state index in [0.29, 0.717) is 23.5 Å². The minimum atomic E-state index is -2.97. The maximum atomic E-state index is 11.8. The molecule has 1 saturated heterocycles. The molecule has 1 aliphatic heterocycles. The summed E-state index contributed by atoms with van der Waals surface area (Å²) in [7, 11) is 0.131. The van der Waals surface area contributed by atoms with Gasteiger partial charge in [0, 0.05) is 18.1 Å². The van der Waals surface area contributed by atoms with Crippen LogP contribution in [-0.2, 0) is 14.6 Å². The van der Waals surface area contributed by atoms with E-state index in [1.165, 1.54) is 6.21 Å². The average molecular weight is 340 g/mol. The number of hydrazone groups is 1. The summed E-state index contributed by atoms with van der Waals surface area (Å²) >= 11 is 0. The van der Waals surface area contributed by atoms with Crippen molar-refractivity contribution in [2.45, 2.75) is 12.8 Å². The molecule has 2 rings (SSSR count). The molecule has 0 bridgehead atoms. The Labute approximate surface area is 135 Å². The van der Waals surface area contributed by atoms with E-state index in [1.54, 1.807) is 32.4 Å². The van der Waals surface area contributed by atoms with E-state index < -0.39 is 9.84 Å². The van der Waals surface area contributed by atoms with Crippen molar-refractivity contribution in [1.29, 1.82) is 0 Å². The van der Waals surface area contributed by atoms with Crippen LogP contribution in [0.2, 0.25) is 0 Å². The average Bonchev–Trinajstić information content (AvgIpc) is 2.85. The molecule has 0 saturated carbocycles. The predicted molar refractivity (Wildman–Crippen MR) is 86.7 cm³/mol. The number of rotatable bonds is 6. The van der Waals surface area contributed by atoms with Gasteiger partial charge in [-0.15, -0.1) is 0 Å². The van der Waals surface area contributed by atoms with Crippen LogP contribution in [0.4, 0.5) is 0 Å². The van der Waals surface area contributed by atoms with Crippen LogP contribution < -0.4 is 14.9 Å². The van der Waals surface area contributed by atoms with E-state index in [9.17, 15) is 13.2 Å². The Morgan fingerprint density at radius 1 is 1.30 bits per heavy atom. The van der Waals surface area contributed by atoms with Crippen molar-refractivity contribution in [3.05, 3.63) is 23.8 Å². The van der Waals surface area contributed by atoms with Crippen LogP contribution in [0.25, 0.3) is 0 Å². The quantitative estimate of drug-likeness (QED) is 0.615. The highest BCUT2D eigenvalue weighted by Crippen LogP contribution is 2.22. The van der Waals surface area contributed by atoms with Crippen LogP contribution in [0.3, 0.4) is 0 Å². The SMILES string of the molecule is COc1cc(/C=N\NC(=O)C[C@H]2CCS(=O)(=O)C2)cc(OC)c1. The highest BCUT2D eigenvalue weighted by molar-refractivity contribution is 7.91. The number of hydrogen-bond donors (Lipinski definition) is 1. The molecule has 0 spiro atoms. The topological polar surface area (TPSA) is 94.1 Å². The van der Waals surface area contributed by atoms with Gasteiger partial charge in [-0.2, -0.15) is 5.10 Å². The fourth-order valence-electron chi connectivity index (χ4n) is 2.42. The Bertz CT molecular complexity index is 678. The Kier molecular flexibility index (Phi) is 5.59. The minimum absolute atomic E-state index is 0.0806. The standard InChI is InChI=1S/C15H20N2O5S/c1-21-13-5-12(6-14(8-13)22-2)9-16-17-15(18)7-11-3-4-23(19,20)10-11/h5-6,8-9,11H,3-4,7,10H2,1-2H3,(H,17,18)/b16-9-/t11-/m1/s1. The van der Waals surface area contributed by atoms with E-state index >= 15 is 0 Å². The zero-order chi connectivity index (χ0) is 16.9. The molecule has 126 valence electrons. The van der Waals surface area contributed by atoms with E-state index in [0.717, 1.165) is 0 Å². The molecule has 0 aromatic heterocycles. The molecule has 1 atom stereocenters. The second-order valence-electron chi connectivity index (χ2n) is 5.41. The van der Waals surface area contributed by atoms with Crippen LogP contribution in [0, 0.1) is 5.92 Å². The number of ether oxygens (including phenoxy) is 2. The summed E-state index contributed by atoms with van der Waals surface area (Å²) in [6.07, 6.45) is 2.18. The molecule has 0 unspecified atom stereocenters. The van der Waals surface area contributed by atoms with E-state index in [-0.39, 0.29) is 29.8 Å². The zero-order valence-electron chi connectivity index (χ0n) is 13.1. The van der Waals surface area contributed by atoms with Crippen molar-refractivity contribution >= 4 is 22.0 Å². The third-order valence-electron chi connectivity index (χ3n) is 3.58. The first-order chi connectivity index (χ1) is 10.9. The molecule has 23 heavy (non-hydrogen) atoms. The number of benzene rings is 1. The van der Waals surface area contributed by atoms with Gasteiger partial charge in [0.2, 0.25) is 5.91 Å². The van der Waals surface area contributed by atoms with E-state index in [1.807, 2.05) is 0 Å². The maximum Gasteiger partial charge on any atom is 0.240 e. The van der Waals surface area contributed by atoms with Crippen LogP contribution >= 0.6 is 0 Å². The van der Waals surface area contributed by atoms with Gasteiger partial charge in [0.25, 0.3) is 0 Å². The molecule has 0 aliphatic carbocycles. The van der Waals surface area contributed by atoms with Crippen molar-refractivity contribution in [3.63, 3.8) is 0 Å². The number of methoxy groups -OCH3 is 2. The fraction of sp³-hybridized carbons (Fsp3) is 0.467. The van der Waals surface area contributed by atoms with Gasteiger partial charge in [-0.3, -0.25) is 4.79 Å². The van der Waals surface area contributed by atoms with Gasteiger partial charge >= 0.3 is 0 Å². The number of hydrogen-bond acceptors (Lipinski definition) is 6. The molecule has 1 aliphatic rings. The Balaban J connectivity index is 1.90. The van der Waals surface area contributed by atoms with E-state index in [2.05, 4.69) is 10.5 Å². The van der Waals surface area contributed by atoms with Crippen LogP contribution in [0.5, 0.6) is 11.5 Å². The summed E-state index contributed by atoms with van der Waals surface area (Å²) < 4.78 is 33.0. The zero-order valence-corrected chi connectivity index (χ0v) is 13.9. The number of nitrogens with zero attached hydrogens (tertiary/aromatic N) is 1. The van der Waals surface area contributed by atoms with Crippen LogP contribution in [0.15, 0.2) is 23.3 Å². The lowest BCUT2D eigenvalue weighted by Crippen LogP contribution is -2.21. The molecule has 1 aromatic rings. The first-order valence-corrected chi connectivity index (χ1v) is 8.99. The molecular formula is C15H20N2O5S. The molecule has 1 amide bonds. The summed E-state index contributed by atoms with van der Waals surface area (Å²) in [5.74, 6) is 1.07. The molecule has 1 heterocycles. The lowest BCUT2D eigenvalue weighted by molar-refractivity contribution is -0.121. The maximum absolute atomic E-state index is 11.8. The van der Waals surface area contributed by atoms with Crippen molar-refractivity contribution in [2.75, 3.05) is 25.7 Å². The van der Waals surface area contributed by atoms with Gasteiger partial charge in [0.15, 0.2) is 9.84 Å². The largest absolute Gasteiger partial charge is 0.497 e. The second-order valence-corrected chi connectivity index (χ2v) is 7.64. The Morgan fingerprint density at radius 2 is 1.96 bits per heavy atom. The minimum Gasteiger partial charge on any atom is -0.497 e. The molecule has 1 fully saturated rings. The second kappa shape index (κ2) is 7.45. The fourth-order valence-corrected chi connectivity index (χ4v) is 4.29. The van der Waals surface area contributed by atoms with Crippen molar-refractivity contribution in [2.24, 2.45) is 11.0 Å². The summed E-state index contributed by atoms with van der Waals surface area (Å²) in [5, 5.41) is 3.89. The number of nitrogens with one attached hydrogen (secondary N) is 1. The van der Waals surface area contributed by atoms with Gasteiger partial charge in [-0.25, -0.2) is 13.8 Å². The van der Waals surface area contributed by atoms with Gasteiger partial charge in [-0.1, -0.05) is 0 Å². The molecule has 7 nitrogen and oxygen atoms in total. The van der Waals surface area contributed by atoms with Gasteiger partial charge in [-0.05, 0) is 24.5 Å². The molecular weight excluding hydrogens is 320 g/mol. The lowest BCUT2D eigenvalue weighted by atomic mass is 10.1. The van der Waals surface area contributed by atoms with Gasteiger partial charge in [0.1, 0.15) is 11.5 Å². The third-order valence-corrected chi connectivity index (χ3v) is 5.41. The Morgan fingerprint density at radius 3 is 2.48 bits per heavy atom. The Hall–Kier alpha value is -2.09. The summed E-state index contributed by atoms with van der Waals surface area (Å²) in [6, 6.07) is 5.24. The first-order valence-electron chi connectivity index (χ1n) is 7.17. The summed E-state index contributed by atoms with van der Waals surface area (Å²) in [4.78, 5) is 11.8. The number of amides is 1. The number of sulfone groups is 1. The lowest BCUT2D eigenvalue weighted by Gasteiger charge is -2.06. The molecule has 1 N–H and O–H groups in total. The molecule has 1 aromatic carbocycles. The van der Waals surface area contributed by atoms with Gasteiger partial charge in [0.05, 0.1) is 31.9 Å². The highest BCUT2D eigenvalue weighted by atomic mass is 32.2.